The largest absolute Gasteiger partial charge is 0.338 e. The summed E-state index contributed by atoms with van der Waals surface area (Å²) >= 11 is 1.31. The lowest BCUT2D eigenvalue weighted by Gasteiger charge is -2.02. The van der Waals surface area contributed by atoms with Gasteiger partial charge in [0.1, 0.15) is 5.03 Å². The minimum atomic E-state index is -0.180. The fraction of sp³-hybridized carbons (Fsp3) is 0.125. The first-order valence-corrected chi connectivity index (χ1v) is 7.94. The Morgan fingerprint density at radius 3 is 2.65 bits per heavy atom. The Bertz CT molecular complexity index is 787. The van der Waals surface area contributed by atoms with Gasteiger partial charge in [0.25, 0.3) is 0 Å². The average molecular weight is 326 g/mol. The first-order valence-electron chi connectivity index (χ1n) is 6.96. The van der Waals surface area contributed by atoms with Crippen LogP contribution in [-0.4, -0.2) is 27.0 Å². The predicted molar refractivity (Wildman–Crippen MR) is 88.1 cm³/mol. The number of rotatable bonds is 5. The van der Waals surface area contributed by atoms with Crippen LogP contribution in [0.15, 0.2) is 58.1 Å². The van der Waals surface area contributed by atoms with Gasteiger partial charge in [-0.15, -0.1) is 10.2 Å². The molecule has 6 nitrogen and oxygen atoms in total. The summed E-state index contributed by atoms with van der Waals surface area (Å²) in [7, 11) is 0. The first-order chi connectivity index (χ1) is 11.2. The molecule has 0 radical (unpaired) electrons. The van der Waals surface area contributed by atoms with Crippen molar-refractivity contribution in [3.05, 3.63) is 54.2 Å². The zero-order valence-electron chi connectivity index (χ0n) is 12.4. The van der Waals surface area contributed by atoms with Gasteiger partial charge in [-0.3, -0.25) is 10.1 Å². The Morgan fingerprint density at radius 1 is 1.17 bits per heavy atom. The van der Waals surface area contributed by atoms with Crippen molar-refractivity contribution in [3.63, 3.8) is 0 Å². The zero-order chi connectivity index (χ0) is 16.1. The van der Waals surface area contributed by atoms with Gasteiger partial charge in [0.15, 0.2) is 0 Å². The summed E-state index contributed by atoms with van der Waals surface area (Å²) in [6, 6.07) is 15.2. The van der Waals surface area contributed by atoms with Crippen molar-refractivity contribution in [1.82, 2.24) is 15.4 Å². The van der Waals surface area contributed by atoms with E-state index in [4.69, 9.17) is 4.52 Å². The normalized spacial score (nSPS) is 10.5. The molecule has 116 valence electrons. The van der Waals surface area contributed by atoms with Crippen molar-refractivity contribution < 1.29 is 9.32 Å². The highest BCUT2D eigenvalue weighted by molar-refractivity contribution is 7.99. The summed E-state index contributed by atoms with van der Waals surface area (Å²) in [6.07, 6.45) is 0. The molecule has 2 heterocycles. The Kier molecular flexibility index (Phi) is 4.68. The third kappa shape index (κ3) is 4.17. The number of aromatic nitrogens is 3. The van der Waals surface area contributed by atoms with Crippen LogP contribution in [0.1, 0.15) is 5.69 Å². The molecule has 0 aliphatic rings. The first kappa shape index (κ1) is 15.2. The Balaban J connectivity index is 1.55. The zero-order valence-corrected chi connectivity index (χ0v) is 13.2. The number of hydrogen-bond acceptors (Lipinski definition) is 6. The fourth-order valence-electron chi connectivity index (χ4n) is 1.90. The van der Waals surface area contributed by atoms with Crippen molar-refractivity contribution in [3.8, 4) is 11.3 Å². The lowest BCUT2D eigenvalue weighted by Crippen LogP contribution is -2.13. The van der Waals surface area contributed by atoms with E-state index in [1.54, 1.807) is 13.0 Å². The van der Waals surface area contributed by atoms with Gasteiger partial charge in [-0.05, 0) is 19.1 Å². The maximum atomic E-state index is 11.8. The minimum absolute atomic E-state index is 0.180. The van der Waals surface area contributed by atoms with E-state index in [1.165, 1.54) is 11.8 Å². The van der Waals surface area contributed by atoms with Crippen molar-refractivity contribution in [2.24, 2.45) is 0 Å². The lowest BCUT2D eigenvalue weighted by atomic mass is 10.1. The molecule has 1 aromatic carbocycles. The molecular formula is C16H14N4O2S. The van der Waals surface area contributed by atoms with E-state index in [-0.39, 0.29) is 11.7 Å². The van der Waals surface area contributed by atoms with Crippen LogP contribution in [0.5, 0.6) is 0 Å². The Morgan fingerprint density at radius 2 is 2.00 bits per heavy atom. The Labute approximate surface area is 137 Å². The van der Waals surface area contributed by atoms with E-state index < -0.39 is 0 Å². The van der Waals surface area contributed by atoms with Crippen LogP contribution in [0, 0.1) is 6.92 Å². The number of hydrogen-bond donors (Lipinski definition) is 1. The number of thioether (sulfide) groups is 1. The van der Waals surface area contributed by atoms with Crippen LogP contribution in [0.4, 0.5) is 5.88 Å². The molecule has 0 saturated carbocycles. The van der Waals surface area contributed by atoms with Crippen molar-refractivity contribution in [2.75, 3.05) is 11.1 Å². The monoisotopic (exact) mass is 326 g/mol. The average Bonchev–Trinajstić information content (AvgIpc) is 2.99. The van der Waals surface area contributed by atoms with Gasteiger partial charge >= 0.3 is 0 Å². The summed E-state index contributed by atoms with van der Waals surface area (Å²) < 4.78 is 4.93. The number of carbonyl (C=O) groups excluding carboxylic acids is 1. The second-order valence-electron chi connectivity index (χ2n) is 4.79. The molecular weight excluding hydrogens is 312 g/mol. The Hall–Kier alpha value is -2.67. The summed E-state index contributed by atoms with van der Waals surface area (Å²) in [5, 5.41) is 15.3. The molecule has 0 bridgehead atoms. The van der Waals surface area contributed by atoms with E-state index >= 15 is 0 Å². The van der Waals surface area contributed by atoms with E-state index in [0.29, 0.717) is 10.9 Å². The number of aryl methyl sites for hydroxylation is 1. The number of benzene rings is 1. The molecule has 0 fully saturated rings. The highest BCUT2D eigenvalue weighted by Gasteiger charge is 2.08. The van der Waals surface area contributed by atoms with Crippen LogP contribution >= 0.6 is 11.8 Å². The predicted octanol–water partition coefficient (Wildman–Crippen LogP) is 3.17. The van der Waals surface area contributed by atoms with Crippen molar-refractivity contribution in [1.29, 1.82) is 0 Å². The molecule has 0 aliphatic carbocycles. The maximum Gasteiger partial charge on any atom is 0.237 e. The van der Waals surface area contributed by atoms with E-state index in [0.717, 1.165) is 17.0 Å². The molecule has 0 aliphatic heterocycles. The topological polar surface area (TPSA) is 80.9 Å². The third-order valence-corrected chi connectivity index (χ3v) is 3.87. The van der Waals surface area contributed by atoms with E-state index in [1.807, 2.05) is 42.5 Å². The number of amides is 1. The smallest absolute Gasteiger partial charge is 0.237 e. The van der Waals surface area contributed by atoms with Gasteiger partial charge in [-0.1, -0.05) is 47.3 Å². The quantitative estimate of drug-likeness (QED) is 0.725. The van der Waals surface area contributed by atoms with Gasteiger partial charge in [0.05, 0.1) is 17.1 Å². The lowest BCUT2D eigenvalue weighted by molar-refractivity contribution is -0.113. The SMILES string of the molecule is Cc1cc(NC(=O)CSc2ccc(-c3ccccc3)nn2)on1. The summed E-state index contributed by atoms with van der Waals surface area (Å²) in [5.41, 5.74) is 2.53. The van der Waals surface area contributed by atoms with Crippen LogP contribution in [0.3, 0.4) is 0 Å². The van der Waals surface area contributed by atoms with Gasteiger partial charge in [-0.2, -0.15) is 0 Å². The number of nitrogens with one attached hydrogen (secondary N) is 1. The molecule has 3 aromatic rings. The van der Waals surface area contributed by atoms with Crippen LogP contribution in [-0.2, 0) is 4.79 Å². The number of nitrogens with zero attached hydrogens (tertiary/aromatic N) is 3. The van der Waals surface area contributed by atoms with Crippen LogP contribution in [0.25, 0.3) is 11.3 Å². The summed E-state index contributed by atoms with van der Waals surface area (Å²) in [5.74, 6) is 0.387. The number of anilines is 1. The molecule has 0 atom stereocenters. The maximum absolute atomic E-state index is 11.8. The molecule has 7 heteroatoms. The van der Waals surface area contributed by atoms with E-state index in [2.05, 4.69) is 20.7 Å². The highest BCUT2D eigenvalue weighted by atomic mass is 32.2. The highest BCUT2D eigenvalue weighted by Crippen LogP contribution is 2.19. The van der Waals surface area contributed by atoms with Gasteiger partial charge < -0.3 is 4.52 Å². The fourth-order valence-corrected chi connectivity index (χ4v) is 2.51. The summed E-state index contributed by atoms with van der Waals surface area (Å²) in [6.45, 7) is 1.79. The molecule has 1 N–H and O–H groups in total. The second-order valence-corrected chi connectivity index (χ2v) is 5.79. The molecule has 23 heavy (non-hydrogen) atoms. The molecule has 3 rings (SSSR count). The molecule has 2 aromatic heterocycles. The third-order valence-electron chi connectivity index (χ3n) is 2.95. The van der Waals surface area contributed by atoms with Crippen molar-refractivity contribution >= 4 is 23.6 Å². The van der Waals surface area contributed by atoms with Gasteiger partial charge in [0.2, 0.25) is 11.8 Å². The molecule has 0 spiro atoms. The van der Waals surface area contributed by atoms with E-state index in [9.17, 15) is 4.79 Å². The minimum Gasteiger partial charge on any atom is -0.338 e. The van der Waals surface area contributed by atoms with Gasteiger partial charge in [0, 0.05) is 11.6 Å². The molecule has 0 unspecified atom stereocenters. The number of carbonyl (C=O) groups is 1. The molecule has 0 saturated heterocycles. The standard InChI is InChI=1S/C16H14N4O2S/c1-11-9-15(22-20-11)17-14(21)10-23-16-8-7-13(18-19-16)12-5-3-2-4-6-12/h2-9H,10H2,1H3,(H,17,21). The summed E-state index contributed by atoms with van der Waals surface area (Å²) in [4.78, 5) is 11.8. The van der Waals surface area contributed by atoms with Crippen LogP contribution < -0.4 is 5.32 Å². The van der Waals surface area contributed by atoms with Gasteiger partial charge in [-0.25, -0.2) is 0 Å². The molecule has 1 amide bonds. The van der Waals surface area contributed by atoms with Crippen LogP contribution in [0.2, 0.25) is 0 Å². The van der Waals surface area contributed by atoms with Crippen molar-refractivity contribution in [2.45, 2.75) is 11.9 Å². The second kappa shape index (κ2) is 7.06.